The number of ether oxygens (including phenoxy) is 1. The zero-order valence-corrected chi connectivity index (χ0v) is 13.7. The van der Waals surface area contributed by atoms with E-state index >= 15 is 0 Å². The van der Waals surface area contributed by atoms with Gasteiger partial charge in [-0.3, -0.25) is 0 Å². The predicted octanol–water partition coefficient (Wildman–Crippen LogP) is 1.77. The van der Waals surface area contributed by atoms with Crippen LogP contribution in [0, 0.1) is 6.92 Å². The summed E-state index contributed by atoms with van der Waals surface area (Å²) in [5, 5.41) is 3.22. The molecule has 5 nitrogen and oxygen atoms in total. The van der Waals surface area contributed by atoms with Gasteiger partial charge in [-0.25, -0.2) is 8.42 Å². The van der Waals surface area contributed by atoms with E-state index < -0.39 is 10.0 Å². The van der Waals surface area contributed by atoms with Crippen LogP contribution < -0.4 is 10.1 Å². The van der Waals surface area contributed by atoms with E-state index in [-0.39, 0.29) is 6.04 Å². The summed E-state index contributed by atoms with van der Waals surface area (Å²) in [6, 6.07) is 5.13. The monoisotopic (exact) mass is 312 g/mol. The fourth-order valence-corrected chi connectivity index (χ4v) is 4.49. The molecule has 1 N–H and O–H groups in total. The molecule has 1 fully saturated rings. The molecule has 0 bridgehead atoms. The molecule has 0 aliphatic carbocycles. The fourth-order valence-electron chi connectivity index (χ4n) is 2.74. The zero-order valence-electron chi connectivity index (χ0n) is 12.9. The van der Waals surface area contributed by atoms with Gasteiger partial charge in [0.2, 0.25) is 10.0 Å². The standard InChI is InChI=1S/C15H24N2O3S/c1-4-17(13-8-9-16-11-13)21(18,19)14-6-7-15(20-5-2)12(3)10-14/h6-7,10,13,16H,4-5,8-9,11H2,1-3H3. The van der Waals surface area contributed by atoms with Crippen molar-refractivity contribution in [1.82, 2.24) is 9.62 Å². The Kier molecular flexibility index (Phi) is 5.24. The summed E-state index contributed by atoms with van der Waals surface area (Å²) in [6.45, 7) is 8.33. The van der Waals surface area contributed by atoms with Crippen LogP contribution in [0.15, 0.2) is 23.1 Å². The Hall–Kier alpha value is -1.11. The number of nitrogens with one attached hydrogen (secondary N) is 1. The average Bonchev–Trinajstić information content (AvgIpc) is 2.95. The van der Waals surface area contributed by atoms with Gasteiger partial charge in [0.05, 0.1) is 11.5 Å². The maximum absolute atomic E-state index is 12.8. The van der Waals surface area contributed by atoms with Crippen LogP contribution in [0.25, 0.3) is 0 Å². The molecule has 1 aromatic carbocycles. The zero-order chi connectivity index (χ0) is 15.5. The van der Waals surface area contributed by atoms with Crippen LogP contribution in [-0.2, 0) is 10.0 Å². The Bertz CT molecular complexity index is 581. The molecule has 1 atom stereocenters. The lowest BCUT2D eigenvalue weighted by atomic mass is 10.2. The first-order valence-corrected chi connectivity index (χ1v) is 8.90. The Labute approximate surface area is 127 Å². The summed E-state index contributed by atoms with van der Waals surface area (Å²) < 4.78 is 32.7. The Morgan fingerprint density at radius 2 is 2.14 bits per heavy atom. The van der Waals surface area contributed by atoms with Crippen molar-refractivity contribution in [3.05, 3.63) is 23.8 Å². The third kappa shape index (κ3) is 3.39. The SMILES string of the molecule is CCOc1ccc(S(=O)(=O)N(CC)C2CCNC2)cc1C. The van der Waals surface area contributed by atoms with E-state index in [9.17, 15) is 8.42 Å². The highest BCUT2D eigenvalue weighted by Gasteiger charge is 2.32. The van der Waals surface area contributed by atoms with Gasteiger partial charge in [-0.1, -0.05) is 6.92 Å². The second-order valence-electron chi connectivity index (χ2n) is 5.22. The van der Waals surface area contributed by atoms with E-state index in [0.29, 0.717) is 18.0 Å². The van der Waals surface area contributed by atoms with E-state index in [2.05, 4.69) is 5.32 Å². The molecule has 1 heterocycles. The maximum Gasteiger partial charge on any atom is 0.243 e. The van der Waals surface area contributed by atoms with Gasteiger partial charge in [0.1, 0.15) is 5.75 Å². The van der Waals surface area contributed by atoms with Gasteiger partial charge in [-0.15, -0.1) is 0 Å². The van der Waals surface area contributed by atoms with E-state index in [1.165, 1.54) is 0 Å². The normalized spacial score (nSPS) is 19.1. The number of sulfonamides is 1. The van der Waals surface area contributed by atoms with Gasteiger partial charge in [0.15, 0.2) is 0 Å². The van der Waals surface area contributed by atoms with Crippen molar-refractivity contribution >= 4 is 10.0 Å². The molecule has 2 rings (SSSR count). The minimum atomic E-state index is -3.45. The van der Waals surface area contributed by atoms with Gasteiger partial charge in [0, 0.05) is 19.1 Å². The number of hydrogen-bond donors (Lipinski definition) is 1. The van der Waals surface area contributed by atoms with Crippen molar-refractivity contribution in [3.63, 3.8) is 0 Å². The predicted molar refractivity (Wildman–Crippen MR) is 83.2 cm³/mol. The molecule has 0 amide bonds. The van der Waals surface area contributed by atoms with Crippen molar-refractivity contribution < 1.29 is 13.2 Å². The topological polar surface area (TPSA) is 58.6 Å². The largest absolute Gasteiger partial charge is 0.494 e. The van der Waals surface area contributed by atoms with Gasteiger partial charge in [-0.05, 0) is 50.6 Å². The number of rotatable bonds is 6. The van der Waals surface area contributed by atoms with Gasteiger partial charge in [-0.2, -0.15) is 4.31 Å². The fraction of sp³-hybridized carbons (Fsp3) is 0.600. The number of benzene rings is 1. The highest BCUT2D eigenvalue weighted by atomic mass is 32.2. The third-order valence-electron chi connectivity index (χ3n) is 3.81. The second-order valence-corrected chi connectivity index (χ2v) is 7.11. The number of hydrogen-bond acceptors (Lipinski definition) is 4. The smallest absolute Gasteiger partial charge is 0.243 e. The van der Waals surface area contributed by atoms with Crippen LogP contribution in [0.4, 0.5) is 0 Å². The summed E-state index contributed by atoms with van der Waals surface area (Å²) >= 11 is 0. The quantitative estimate of drug-likeness (QED) is 0.870. The van der Waals surface area contributed by atoms with Crippen LogP contribution in [0.1, 0.15) is 25.8 Å². The van der Waals surface area contributed by atoms with E-state index in [1.54, 1.807) is 22.5 Å². The second kappa shape index (κ2) is 6.77. The molecule has 6 heteroatoms. The molecular formula is C15H24N2O3S. The first-order valence-electron chi connectivity index (χ1n) is 7.46. The molecule has 1 aliphatic rings. The first kappa shape index (κ1) is 16.3. The van der Waals surface area contributed by atoms with Gasteiger partial charge in [0.25, 0.3) is 0 Å². The van der Waals surface area contributed by atoms with Crippen molar-refractivity contribution in [2.24, 2.45) is 0 Å². The average molecular weight is 312 g/mol. The maximum atomic E-state index is 12.8. The Morgan fingerprint density at radius 3 is 2.67 bits per heavy atom. The third-order valence-corrected chi connectivity index (χ3v) is 5.83. The molecule has 1 aromatic rings. The Morgan fingerprint density at radius 1 is 1.38 bits per heavy atom. The van der Waals surface area contributed by atoms with Gasteiger partial charge < -0.3 is 10.1 Å². The first-order chi connectivity index (χ1) is 10.0. The minimum absolute atomic E-state index is 0.0480. The summed E-state index contributed by atoms with van der Waals surface area (Å²) in [5.41, 5.74) is 0.846. The van der Waals surface area contributed by atoms with Crippen LogP contribution in [-0.4, -0.2) is 45.0 Å². The molecular weight excluding hydrogens is 288 g/mol. The lowest BCUT2D eigenvalue weighted by molar-refractivity contribution is 0.337. The molecule has 21 heavy (non-hydrogen) atoms. The van der Waals surface area contributed by atoms with E-state index in [1.807, 2.05) is 20.8 Å². The van der Waals surface area contributed by atoms with Gasteiger partial charge >= 0.3 is 0 Å². The number of aryl methyl sites for hydroxylation is 1. The molecule has 0 spiro atoms. The molecule has 0 aromatic heterocycles. The van der Waals surface area contributed by atoms with Crippen LogP contribution >= 0.6 is 0 Å². The minimum Gasteiger partial charge on any atom is -0.494 e. The molecule has 1 saturated heterocycles. The molecule has 1 unspecified atom stereocenters. The van der Waals surface area contributed by atoms with E-state index in [0.717, 1.165) is 30.8 Å². The van der Waals surface area contributed by atoms with Crippen LogP contribution in [0.2, 0.25) is 0 Å². The lowest BCUT2D eigenvalue weighted by Gasteiger charge is -2.26. The van der Waals surface area contributed by atoms with E-state index in [4.69, 9.17) is 4.74 Å². The molecule has 1 aliphatic heterocycles. The number of likely N-dealkylation sites (N-methyl/N-ethyl adjacent to an activating group) is 1. The van der Waals surface area contributed by atoms with Crippen molar-refractivity contribution in [2.75, 3.05) is 26.2 Å². The Balaban J connectivity index is 2.31. The highest BCUT2D eigenvalue weighted by Crippen LogP contribution is 2.26. The lowest BCUT2D eigenvalue weighted by Crippen LogP contribution is -2.41. The summed E-state index contributed by atoms with van der Waals surface area (Å²) in [6.07, 6.45) is 0.864. The highest BCUT2D eigenvalue weighted by molar-refractivity contribution is 7.89. The molecule has 118 valence electrons. The summed E-state index contributed by atoms with van der Waals surface area (Å²) in [4.78, 5) is 0.345. The van der Waals surface area contributed by atoms with Crippen LogP contribution in [0.5, 0.6) is 5.75 Å². The van der Waals surface area contributed by atoms with Crippen molar-refractivity contribution in [1.29, 1.82) is 0 Å². The summed E-state index contributed by atoms with van der Waals surface area (Å²) in [5.74, 6) is 0.738. The summed E-state index contributed by atoms with van der Waals surface area (Å²) in [7, 11) is -3.45. The van der Waals surface area contributed by atoms with Crippen molar-refractivity contribution in [2.45, 2.75) is 38.1 Å². The molecule has 0 radical (unpaired) electrons. The van der Waals surface area contributed by atoms with Crippen molar-refractivity contribution in [3.8, 4) is 5.75 Å². The molecule has 0 saturated carbocycles. The number of nitrogens with zero attached hydrogens (tertiary/aromatic N) is 1. The van der Waals surface area contributed by atoms with Crippen LogP contribution in [0.3, 0.4) is 0 Å².